The first-order valence-corrected chi connectivity index (χ1v) is 6.52. The number of hydrogen-bond acceptors (Lipinski definition) is 4. The van der Waals surface area contributed by atoms with Gasteiger partial charge < -0.3 is 15.3 Å². The van der Waals surface area contributed by atoms with Crippen LogP contribution in [-0.2, 0) is 0 Å². The molecule has 94 valence electrons. The fourth-order valence-electron chi connectivity index (χ4n) is 2.72. The minimum absolute atomic E-state index is 0.436. The molecule has 2 rings (SSSR count). The van der Waals surface area contributed by atoms with Crippen LogP contribution in [0, 0.1) is 0 Å². The second-order valence-corrected chi connectivity index (χ2v) is 5.41. The van der Waals surface area contributed by atoms with Crippen LogP contribution in [0.1, 0.15) is 19.3 Å². The lowest BCUT2D eigenvalue weighted by molar-refractivity contribution is -0.0198. The molecule has 2 heterocycles. The monoisotopic (exact) mass is 227 g/mol. The molecular formula is C12H25N3O. The summed E-state index contributed by atoms with van der Waals surface area (Å²) in [5.41, 5.74) is -0.436. The van der Waals surface area contributed by atoms with Crippen LogP contribution in [0.3, 0.4) is 0 Å². The third-order valence-corrected chi connectivity index (χ3v) is 3.86. The summed E-state index contributed by atoms with van der Waals surface area (Å²) in [6.07, 6.45) is 3.03. The first-order valence-electron chi connectivity index (χ1n) is 6.52. The molecule has 4 heteroatoms. The first-order chi connectivity index (χ1) is 7.68. The van der Waals surface area contributed by atoms with E-state index in [1.165, 1.54) is 13.0 Å². The van der Waals surface area contributed by atoms with Crippen LogP contribution >= 0.6 is 0 Å². The van der Waals surface area contributed by atoms with Crippen molar-refractivity contribution >= 4 is 0 Å². The Morgan fingerprint density at radius 1 is 1.12 bits per heavy atom. The van der Waals surface area contributed by atoms with Crippen LogP contribution in [0.4, 0.5) is 0 Å². The van der Waals surface area contributed by atoms with E-state index in [9.17, 15) is 5.11 Å². The Labute approximate surface area is 98.6 Å². The van der Waals surface area contributed by atoms with E-state index in [-0.39, 0.29) is 0 Å². The summed E-state index contributed by atoms with van der Waals surface area (Å²) < 4.78 is 0. The van der Waals surface area contributed by atoms with Gasteiger partial charge >= 0.3 is 0 Å². The highest BCUT2D eigenvalue weighted by molar-refractivity contribution is 4.88. The van der Waals surface area contributed by atoms with Gasteiger partial charge in [0, 0.05) is 19.6 Å². The highest BCUT2D eigenvalue weighted by Gasteiger charge is 2.31. The summed E-state index contributed by atoms with van der Waals surface area (Å²) in [5.74, 6) is 0. The zero-order chi connectivity index (χ0) is 11.4. The molecule has 0 spiro atoms. The van der Waals surface area contributed by atoms with Gasteiger partial charge in [-0.3, -0.25) is 4.90 Å². The summed E-state index contributed by atoms with van der Waals surface area (Å²) in [5, 5.41) is 13.8. The molecule has 0 radical (unpaired) electrons. The van der Waals surface area contributed by atoms with Crippen LogP contribution in [0.5, 0.6) is 0 Å². The van der Waals surface area contributed by atoms with Gasteiger partial charge in [0.1, 0.15) is 0 Å². The molecule has 0 amide bonds. The molecule has 0 bridgehead atoms. The third-order valence-electron chi connectivity index (χ3n) is 3.86. The van der Waals surface area contributed by atoms with Gasteiger partial charge in [0.25, 0.3) is 0 Å². The van der Waals surface area contributed by atoms with Gasteiger partial charge in [0.2, 0.25) is 0 Å². The van der Waals surface area contributed by atoms with Crippen molar-refractivity contribution in [2.24, 2.45) is 0 Å². The number of nitrogens with one attached hydrogen (secondary N) is 1. The second-order valence-electron chi connectivity index (χ2n) is 5.41. The number of nitrogens with zero attached hydrogens (tertiary/aromatic N) is 2. The van der Waals surface area contributed by atoms with Gasteiger partial charge in [-0.1, -0.05) is 0 Å². The van der Waals surface area contributed by atoms with Gasteiger partial charge in [-0.05, 0) is 52.5 Å². The molecule has 2 fully saturated rings. The summed E-state index contributed by atoms with van der Waals surface area (Å²) in [6.45, 7) is 7.36. The number of hydrogen-bond donors (Lipinski definition) is 2. The van der Waals surface area contributed by atoms with Crippen molar-refractivity contribution in [3.05, 3.63) is 0 Å². The van der Waals surface area contributed by atoms with Crippen molar-refractivity contribution in [3.8, 4) is 0 Å². The van der Waals surface area contributed by atoms with Gasteiger partial charge in [0.15, 0.2) is 0 Å². The Bertz CT molecular complexity index is 216. The lowest BCUT2D eigenvalue weighted by Gasteiger charge is -2.37. The van der Waals surface area contributed by atoms with Gasteiger partial charge in [-0.2, -0.15) is 0 Å². The average molecular weight is 227 g/mol. The van der Waals surface area contributed by atoms with E-state index in [2.05, 4.69) is 22.2 Å². The van der Waals surface area contributed by atoms with E-state index >= 15 is 0 Å². The Balaban J connectivity index is 1.83. The van der Waals surface area contributed by atoms with Crippen molar-refractivity contribution in [1.29, 1.82) is 0 Å². The van der Waals surface area contributed by atoms with E-state index in [4.69, 9.17) is 0 Å². The number of rotatable bonds is 2. The van der Waals surface area contributed by atoms with Crippen molar-refractivity contribution in [2.75, 3.05) is 52.9 Å². The molecule has 0 aromatic rings. The van der Waals surface area contributed by atoms with Gasteiger partial charge in [0.05, 0.1) is 5.60 Å². The smallest absolute Gasteiger partial charge is 0.0798 e. The molecule has 2 saturated heterocycles. The lowest BCUT2D eigenvalue weighted by atomic mass is 9.92. The second kappa shape index (κ2) is 5.45. The standard InChI is InChI=1S/C12H25N3O/c1-14-7-2-8-15(10-9-14)11-12(16)3-5-13-6-4-12/h13,16H,2-11H2,1H3. The molecule has 2 N–H and O–H groups in total. The zero-order valence-electron chi connectivity index (χ0n) is 10.4. The molecule has 0 aromatic carbocycles. The maximum Gasteiger partial charge on any atom is 0.0798 e. The molecule has 2 aliphatic rings. The summed E-state index contributed by atoms with van der Waals surface area (Å²) in [7, 11) is 2.18. The maximum atomic E-state index is 10.5. The van der Waals surface area contributed by atoms with Gasteiger partial charge in [-0.25, -0.2) is 0 Å². The fourth-order valence-corrected chi connectivity index (χ4v) is 2.72. The predicted molar refractivity (Wildman–Crippen MR) is 65.6 cm³/mol. The molecule has 0 atom stereocenters. The molecule has 0 saturated carbocycles. The minimum atomic E-state index is -0.436. The van der Waals surface area contributed by atoms with Crippen LogP contribution in [0.25, 0.3) is 0 Å². The van der Waals surface area contributed by atoms with Crippen LogP contribution in [-0.4, -0.2) is 73.4 Å². The zero-order valence-corrected chi connectivity index (χ0v) is 10.4. The number of β-amino-alcohol motifs (C(OH)–C–C–N with tert-alkyl or cyclic N) is 1. The Morgan fingerprint density at radius 2 is 1.88 bits per heavy atom. The topological polar surface area (TPSA) is 38.7 Å². The Kier molecular flexibility index (Phi) is 4.19. The lowest BCUT2D eigenvalue weighted by Crippen LogP contribution is -2.50. The SMILES string of the molecule is CN1CCCN(CC2(O)CCNCC2)CC1. The molecular weight excluding hydrogens is 202 g/mol. The van der Waals surface area contributed by atoms with Crippen molar-refractivity contribution in [1.82, 2.24) is 15.1 Å². The van der Waals surface area contributed by atoms with E-state index in [1.807, 2.05) is 0 Å². The molecule has 16 heavy (non-hydrogen) atoms. The van der Waals surface area contributed by atoms with Crippen molar-refractivity contribution in [3.63, 3.8) is 0 Å². The number of likely N-dealkylation sites (N-methyl/N-ethyl adjacent to an activating group) is 1. The molecule has 0 aliphatic carbocycles. The van der Waals surface area contributed by atoms with Gasteiger partial charge in [-0.15, -0.1) is 0 Å². The quantitative estimate of drug-likeness (QED) is 0.682. The minimum Gasteiger partial charge on any atom is -0.388 e. The van der Waals surface area contributed by atoms with Crippen molar-refractivity contribution < 1.29 is 5.11 Å². The summed E-state index contributed by atoms with van der Waals surface area (Å²) in [6, 6.07) is 0. The normalized spacial score (nSPS) is 28.9. The highest BCUT2D eigenvalue weighted by Crippen LogP contribution is 2.20. The number of piperidine rings is 1. The van der Waals surface area contributed by atoms with E-state index < -0.39 is 5.60 Å². The first kappa shape index (κ1) is 12.3. The van der Waals surface area contributed by atoms with E-state index in [1.54, 1.807) is 0 Å². The Hall–Kier alpha value is -0.160. The number of aliphatic hydroxyl groups is 1. The predicted octanol–water partition coefficient (Wildman–Crippen LogP) is -0.262. The molecule has 2 aliphatic heterocycles. The highest BCUT2D eigenvalue weighted by atomic mass is 16.3. The summed E-state index contributed by atoms with van der Waals surface area (Å²) in [4.78, 5) is 4.82. The van der Waals surface area contributed by atoms with E-state index in [0.717, 1.165) is 52.1 Å². The maximum absolute atomic E-state index is 10.5. The third kappa shape index (κ3) is 3.42. The fraction of sp³-hybridized carbons (Fsp3) is 1.00. The molecule has 4 nitrogen and oxygen atoms in total. The van der Waals surface area contributed by atoms with Crippen LogP contribution < -0.4 is 5.32 Å². The largest absolute Gasteiger partial charge is 0.388 e. The average Bonchev–Trinajstić information content (AvgIpc) is 2.44. The van der Waals surface area contributed by atoms with Crippen molar-refractivity contribution in [2.45, 2.75) is 24.9 Å². The Morgan fingerprint density at radius 3 is 2.62 bits per heavy atom. The molecule has 0 unspecified atom stereocenters. The summed E-state index contributed by atoms with van der Waals surface area (Å²) >= 11 is 0. The van der Waals surface area contributed by atoms with E-state index in [0.29, 0.717) is 0 Å². The van der Waals surface area contributed by atoms with Crippen LogP contribution in [0.15, 0.2) is 0 Å². The van der Waals surface area contributed by atoms with Crippen LogP contribution in [0.2, 0.25) is 0 Å². The molecule has 0 aromatic heterocycles.